The molecule has 2 aromatic rings. The number of hydrogen-bond donors (Lipinski definition) is 1. The summed E-state index contributed by atoms with van der Waals surface area (Å²) in [6, 6.07) is 8.28. The number of aromatic nitrogens is 1. The van der Waals surface area contributed by atoms with E-state index < -0.39 is 6.29 Å². The van der Waals surface area contributed by atoms with Crippen molar-refractivity contribution in [2.24, 2.45) is 0 Å². The highest BCUT2D eigenvalue weighted by molar-refractivity contribution is 6.30. The van der Waals surface area contributed by atoms with Crippen molar-refractivity contribution in [3.8, 4) is 0 Å². The first-order valence-electron chi connectivity index (χ1n) is 6.19. The number of nitrogens with zero attached hydrogens (tertiary/aromatic N) is 1. The fourth-order valence-electron chi connectivity index (χ4n) is 1.73. The number of rotatable bonds is 6. The van der Waals surface area contributed by atoms with Gasteiger partial charge in [-0.1, -0.05) is 16.8 Å². The fraction of sp³-hybridized carbons (Fsp3) is 0.286. The number of ether oxygens (including phenoxy) is 2. The Kier molecular flexibility index (Phi) is 5.32. The summed E-state index contributed by atoms with van der Waals surface area (Å²) >= 11 is 5.77. The minimum atomic E-state index is -0.588. The monoisotopic (exact) mass is 310 g/mol. The third kappa shape index (κ3) is 4.04. The van der Waals surface area contributed by atoms with Crippen molar-refractivity contribution < 1.29 is 18.8 Å². The van der Waals surface area contributed by atoms with Gasteiger partial charge in [0.2, 0.25) is 6.29 Å². The lowest BCUT2D eigenvalue weighted by Crippen LogP contribution is -2.22. The average molecular weight is 311 g/mol. The molecule has 0 saturated heterocycles. The van der Waals surface area contributed by atoms with E-state index in [1.807, 2.05) is 0 Å². The number of benzene rings is 1. The van der Waals surface area contributed by atoms with Crippen LogP contribution < -0.4 is 5.32 Å². The van der Waals surface area contributed by atoms with Crippen molar-refractivity contribution in [1.29, 1.82) is 0 Å². The summed E-state index contributed by atoms with van der Waals surface area (Å²) in [6.07, 6.45) is -0.588. The molecule has 0 spiro atoms. The highest BCUT2D eigenvalue weighted by Crippen LogP contribution is 2.17. The standard InChI is InChI=1S/C14H15ClN2O4/c1-19-14(20-2)12-7-11(21-17-12)8-16-13(18)9-3-5-10(15)6-4-9/h3-7,14H,8H2,1-2H3,(H,16,18). The van der Waals surface area contributed by atoms with Gasteiger partial charge in [0, 0.05) is 30.9 Å². The molecule has 6 nitrogen and oxygen atoms in total. The molecule has 0 aliphatic carbocycles. The molecule has 0 radical (unpaired) electrons. The Morgan fingerprint density at radius 1 is 1.33 bits per heavy atom. The smallest absolute Gasteiger partial charge is 0.251 e. The molecule has 0 aliphatic heterocycles. The van der Waals surface area contributed by atoms with Crippen LogP contribution in [0, 0.1) is 0 Å². The molecular formula is C14H15ClN2O4. The van der Waals surface area contributed by atoms with Crippen molar-refractivity contribution in [1.82, 2.24) is 10.5 Å². The van der Waals surface area contributed by atoms with Crippen LogP contribution in [0.1, 0.15) is 28.1 Å². The molecule has 112 valence electrons. The Morgan fingerprint density at radius 2 is 2.00 bits per heavy atom. The van der Waals surface area contributed by atoms with Crippen molar-refractivity contribution in [3.63, 3.8) is 0 Å². The Bertz CT molecular complexity index is 593. The predicted octanol–water partition coefficient (Wildman–Crippen LogP) is 2.55. The summed E-state index contributed by atoms with van der Waals surface area (Å²) < 4.78 is 15.2. The van der Waals surface area contributed by atoms with Crippen molar-refractivity contribution >= 4 is 17.5 Å². The maximum absolute atomic E-state index is 11.9. The molecular weight excluding hydrogens is 296 g/mol. The van der Waals surface area contributed by atoms with E-state index in [-0.39, 0.29) is 12.5 Å². The lowest BCUT2D eigenvalue weighted by molar-refractivity contribution is -0.109. The van der Waals surface area contributed by atoms with Crippen LogP contribution in [0.15, 0.2) is 34.9 Å². The zero-order valence-corrected chi connectivity index (χ0v) is 12.4. The zero-order valence-electron chi connectivity index (χ0n) is 11.6. The first-order chi connectivity index (χ1) is 10.1. The number of amides is 1. The van der Waals surface area contributed by atoms with Crippen LogP contribution in [0.4, 0.5) is 0 Å². The third-order valence-electron chi connectivity index (χ3n) is 2.78. The highest BCUT2D eigenvalue weighted by Gasteiger charge is 2.15. The largest absolute Gasteiger partial charge is 0.359 e. The summed E-state index contributed by atoms with van der Waals surface area (Å²) in [5.74, 6) is 0.283. The van der Waals surface area contributed by atoms with Crippen molar-refractivity contribution in [3.05, 3.63) is 52.4 Å². The minimum Gasteiger partial charge on any atom is -0.359 e. The van der Waals surface area contributed by atoms with Gasteiger partial charge in [-0.3, -0.25) is 4.79 Å². The van der Waals surface area contributed by atoms with Gasteiger partial charge in [0.15, 0.2) is 5.76 Å². The molecule has 2 rings (SSSR count). The molecule has 0 saturated carbocycles. The highest BCUT2D eigenvalue weighted by atomic mass is 35.5. The van der Waals surface area contributed by atoms with Gasteiger partial charge in [0.25, 0.3) is 5.91 Å². The van der Waals surface area contributed by atoms with Crippen LogP contribution in [0.3, 0.4) is 0 Å². The van der Waals surface area contributed by atoms with E-state index in [2.05, 4.69) is 10.5 Å². The van der Waals surface area contributed by atoms with Crippen LogP contribution in [0.2, 0.25) is 5.02 Å². The zero-order chi connectivity index (χ0) is 15.2. The SMILES string of the molecule is COC(OC)c1cc(CNC(=O)c2ccc(Cl)cc2)on1. The minimum absolute atomic E-state index is 0.217. The van der Waals surface area contributed by atoms with Gasteiger partial charge in [-0.15, -0.1) is 0 Å². The van der Waals surface area contributed by atoms with Gasteiger partial charge >= 0.3 is 0 Å². The summed E-state index contributed by atoms with van der Waals surface area (Å²) in [5, 5.41) is 7.13. The third-order valence-corrected chi connectivity index (χ3v) is 3.03. The van der Waals surface area contributed by atoms with Crippen molar-refractivity contribution in [2.45, 2.75) is 12.8 Å². The lowest BCUT2D eigenvalue weighted by atomic mass is 10.2. The molecule has 0 fully saturated rings. The van der Waals surface area contributed by atoms with Crippen LogP contribution in [-0.2, 0) is 16.0 Å². The second kappa shape index (κ2) is 7.21. The molecule has 1 aromatic heterocycles. The maximum atomic E-state index is 11.9. The van der Waals surface area contributed by atoms with Gasteiger partial charge in [0.1, 0.15) is 5.69 Å². The average Bonchev–Trinajstić information content (AvgIpc) is 2.96. The molecule has 1 heterocycles. The van der Waals surface area contributed by atoms with Gasteiger partial charge in [-0.05, 0) is 24.3 Å². The Labute approximate surface area is 127 Å². The summed E-state index contributed by atoms with van der Waals surface area (Å²) in [5.41, 5.74) is 1.03. The number of carbonyl (C=O) groups is 1. The van der Waals surface area contributed by atoms with E-state index in [0.717, 1.165) is 0 Å². The van der Waals surface area contributed by atoms with Crippen LogP contribution in [0.5, 0.6) is 0 Å². The maximum Gasteiger partial charge on any atom is 0.251 e. The lowest BCUT2D eigenvalue weighted by Gasteiger charge is -2.08. The van der Waals surface area contributed by atoms with Gasteiger partial charge < -0.3 is 19.3 Å². The van der Waals surface area contributed by atoms with Crippen molar-refractivity contribution in [2.75, 3.05) is 14.2 Å². The molecule has 1 N–H and O–H groups in total. The van der Waals surface area contributed by atoms with E-state index in [0.29, 0.717) is 22.0 Å². The van der Waals surface area contributed by atoms with Crippen LogP contribution >= 0.6 is 11.6 Å². The quantitative estimate of drug-likeness (QED) is 0.830. The molecule has 7 heteroatoms. The topological polar surface area (TPSA) is 73.6 Å². The summed E-state index contributed by atoms with van der Waals surface area (Å²) in [4.78, 5) is 11.9. The van der Waals surface area contributed by atoms with Crippen LogP contribution in [-0.4, -0.2) is 25.3 Å². The first-order valence-corrected chi connectivity index (χ1v) is 6.56. The summed E-state index contributed by atoms with van der Waals surface area (Å²) in [7, 11) is 3.01. The van der Waals surface area contributed by atoms with E-state index in [4.69, 9.17) is 25.6 Å². The predicted molar refractivity (Wildman–Crippen MR) is 75.9 cm³/mol. The number of methoxy groups -OCH3 is 2. The molecule has 0 aliphatic rings. The molecule has 21 heavy (non-hydrogen) atoms. The molecule has 1 aromatic carbocycles. The Balaban J connectivity index is 1.94. The molecule has 0 atom stereocenters. The molecule has 0 bridgehead atoms. The number of nitrogens with one attached hydrogen (secondary N) is 1. The first kappa shape index (κ1) is 15.5. The Morgan fingerprint density at radius 3 is 2.62 bits per heavy atom. The van der Waals surface area contributed by atoms with E-state index >= 15 is 0 Å². The van der Waals surface area contributed by atoms with Gasteiger partial charge in [-0.2, -0.15) is 0 Å². The number of hydrogen-bond acceptors (Lipinski definition) is 5. The second-order valence-corrected chi connectivity index (χ2v) is 4.65. The van der Waals surface area contributed by atoms with E-state index in [1.165, 1.54) is 14.2 Å². The van der Waals surface area contributed by atoms with Gasteiger partial charge in [-0.25, -0.2) is 0 Å². The van der Waals surface area contributed by atoms with Gasteiger partial charge in [0.05, 0.1) is 6.54 Å². The van der Waals surface area contributed by atoms with E-state index in [1.54, 1.807) is 30.3 Å². The fourth-order valence-corrected chi connectivity index (χ4v) is 1.86. The summed E-state index contributed by atoms with van der Waals surface area (Å²) in [6.45, 7) is 0.217. The number of halogens is 1. The van der Waals surface area contributed by atoms with Crippen LogP contribution in [0.25, 0.3) is 0 Å². The van der Waals surface area contributed by atoms with E-state index in [9.17, 15) is 4.79 Å². The number of carbonyl (C=O) groups excluding carboxylic acids is 1. The second-order valence-electron chi connectivity index (χ2n) is 4.21. The molecule has 0 unspecified atom stereocenters. The molecule has 1 amide bonds. The Hall–Kier alpha value is -1.89. The normalized spacial score (nSPS) is 10.9.